The second-order valence-corrected chi connectivity index (χ2v) is 4.81. The number of carbonyl (C=O) groups is 1. The van der Waals surface area contributed by atoms with Crippen LogP contribution in [0.15, 0.2) is 23.2 Å². The van der Waals surface area contributed by atoms with Gasteiger partial charge in [-0.2, -0.15) is 0 Å². The monoisotopic (exact) mass is 215 g/mol. The number of hydrogen-bond donors (Lipinski definition) is 1. The van der Waals surface area contributed by atoms with E-state index in [9.17, 15) is 13.2 Å². The Kier molecular flexibility index (Phi) is 2.85. The molecule has 0 fully saturated rings. The van der Waals surface area contributed by atoms with Crippen LogP contribution in [0.25, 0.3) is 0 Å². The highest BCUT2D eigenvalue weighted by atomic mass is 32.2. The summed E-state index contributed by atoms with van der Waals surface area (Å²) in [7, 11) is -3.52. The van der Waals surface area contributed by atoms with Crippen LogP contribution in [0.3, 0.4) is 0 Å². The van der Waals surface area contributed by atoms with Crippen LogP contribution in [0.5, 0.6) is 0 Å². The summed E-state index contributed by atoms with van der Waals surface area (Å²) in [4.78, 5) is 13.9. The van der Waals surface area contributed by atoms with Crippen LogP contribution in [0.1, 0.15) is 17.4 Å². The summed E-state index contributed by atoms with van der Waals surface area (Å²) in [6.45, 7) is 1.45. The first kappa shape index (κ1) is 10.6. The van der Waals surface area contributed by atoms with Gasteiger partial charge in [0.1, 0.15) is 0 Å². The molecule has 14 heavy (non-hydrogen) atoms. The van der Waals surface area contributed by atoms with Crippen molar-refractivity contribution in [1.82, 2.24) is 4.98 Å². The van der Waals surface area contributed by atoms with Gasteiger partial charge in [0.15, 0.2) is 15.5 Å². The van der Waals surface area contributed by atoms with Crippen molar-refractivity contribution >= 4 is 15.8 Å². The van der Waals surface area contributed by atoms with Crippen molar-refractivity contribution in [3.63, 3.8) is 0 Å². The number of aromatic carboxylic acids is 1. The number of nitrogens with zero attached hydrogens (tertiary/aromatic N) is 1. The molecule has 0 bridgehead atoms. The second-order valence-electron chi connectivity index (χ2n) is 2.56. The van der Waals surface area contributed by atoms with E-state index in [0.717, 1.165) is 0 Å². The molecule has 0 amide bonds. The zero-order valence-corrected chi connectivity index (χ0v) is 8.28. The third-order valence-electron chi connectivity index (χ3n) is 1.69. The lowest BCUT2D eigenvalue weighted by Crippen LogP contribution is -2.12. The highest BCUT2D eigenvalue weighted by Crippen LogP contribution is 2.14. The smallest absolute Gasteiger partial charge is 0.355 e. The third kappa shape index (κ3) is 1.90. The quantitative estimate of drug-likeness (QED) is 0.796. The molecular weight excluding hydrogens is 206 g/mol. The first-order valence-electron chi connectivity index (χ1n) is 3.90. The Balaban J connectivity index is 3.42. The fourth-order valence-electron chi connectivity index (χ4n) is 0.958. The van der Waals surface area contributed by atoms with E-state index in [2.05, 4.69) is 4.98 Å². The van der Waals surface area contributed by atoms with E-state index in [4.69, 9.17) is 5.11 Å². The van der Waals surface area contributed by atoms with Crippen molar-refractivity contribution in [2.24, 2.45) is 0 Å². The SMILES string of the molecule is CCS(=O)(=O)c1cccnc1C(=O)O. The molecule has 76 valence electrons. The molecule has 0 spiro atoms. The maximum absolute atomic E-state index is 11.4. The predicted octanol–water partition coefficient (Wildman–Crippen LogP) is 0.573. The zero-order chi connectivity index (χ0) is 10.8. The number of carboxylic acid groups (broad SMARTS) is 1. The molecule has 0 aliphatic heterocycles. The van der Waals surface area contributed by atoms with Crippen LogP contribution >= 0.6 is 0 Å². The van der Waals surface area contributed by atoms with Gasteiger partial charge in [0.05, 0.1) is 10.6 Å². The maximum atomic E-state index is 11.4. The Morgan fingerprint density at radius 2 is 2.21 bits per heavy atom. The minimum atomic E-state index is -3.52. The van der Waals surface area contributed by atoms with Crippen molar-refractivity contribution in [3.05, 3.63) is 24.0 Å². The maximum Gasteiger partial charge on any atom is 0.355 e. The molecule has 0 atom stereocenters. The fourth-order valence-corrected chi connectivity index (χ4v) is 1.99. The molecule has 1 aromatic rings. The summed E-state index contributed by atoms with van der Waals surface area (Å²) in [5, 5.41) is 8.70. The highest BCUT2D eigenvalue weighted by molar-refractivity contribution is 7.91. The van der Waals surface area contributed by atoms with Crippen molar-refractivity contribution < 1.29 is 18.3 Å². The van der Waals surface area contributed by atoms with Gasteiger partial charge in [-0.05, 0) is 12.1 Å². The Morgan fingerprint density at radius 3 is 2.71 bits per heavy atom. The Morgan fingerprint density at radius 1 is 1.57 bits per heavy atom. The summed E-state index contributed by atoms with van der Waals surface area (Å²) < 4.78 is 22.8. The summed E-state index contributed by atoms with van der Waals surface area (Å²) >= 11 is 0. The van der Waals surface area contributed by atoms with E-state index in [-0.39, 0.29) is 10.6 Å². The van der Waals surface area contributed by atoms with E-state index in [1.165, 1.54) is 25.3 Å². The van der Waals surface area contributed by atoms with Crippen molar-refractivity contribution in [2.75, 3.05) is 5.75 Å². The number of pyridine rings is 1. The lowest BCUT2D eigenvalue weighted by atomic mass is 10.3. The molecule has 1 rings (SSSR count). The molecule has 0 saturated heterocycles. The normalized spacial score (nSPS) is 11.2. The van der Waals surface area contributed by atoms with Gasteiger partial charge >= 0.3 is 5.97 Å². The number of carboxylic acids is 1. The molecule has 0 aliphatic carbocycles. The van der Waals surface area contributed by atoms with E-state index in [1.54, 1.807) is 0 Å². The number of hydrogen-bond acceptors (Lipinski definition) is 4. The fraction of sp³-hybridized carbons (Fsp3) is 0.250. The summed E-state index contributed by atoms with van der Waals surface area (Å²) in [5.41, 5.74) is -0.422. The summed E-state index contributed by atoms with van der Waals surface area (Å²) in [6.07, 6.45) is 1.25. The van der Waals surface area contributed by atoms with Crippen LogP contribution in [-0.4, -0.2) is 30.2 Å². The first-order chi connectivity index (χ1) is 6.49. The molecular formula is C8H9NO4S. The molecule has 5 nitrogen and oxygen atoms in total. The number of rotatable bonds is 3. The predicted molar refractivity (Wildman–Crippen MR) is 48.9 cm³/mol. The molecule has 0 saturated carbocycles. The van der Waals surface area contributed by atoms with Gasteiger partial charge in [-0.3, -0.25) is 0 Å². The van der Waals surface area contributed by atoms with E-state index >= 15 is 0 Å². The van der Waals surface area contributed by atoms with Gasteiger partial charge in [0.25, 0.3) is 0 Å². The van der Waals surface area contributed by atoms with Crippen LogP contribution in [0.4, 0.5) is 0 Å². The van der Waals surface area contributed by atoms with E-state index in [0.29, 0.717) is 0 Å². The molecule has 0 radical (unpaired) electrons. The minimum absolute atomic E-state index is 0.140. The topological polar surface area (TPSA) is 84.3 Å². The van der Waals surface area contributed by atoms with Gasteiger partial charge in [-0.1, -0.05) is 6.92 Å². The molecule has 1 heterocycles. The average molecular weight is 215 g/mol. The number of sulfone groups is 1. The standard InChI is InChI=1S/C8H9NO4S/c1-2-14(12,13)6-4-3-5-9-7(6)8(10)11/h3-5H,2H2,1H3,(H,10,11). The second kappa shape index (κ2) is 3.75. The molecule has 0 unspecified atom stereocenters. The average Bonchev–Trinajstić information content (AvgIpc) is 2.18. The van der Waals surface area contributed by atoms with Crippen LogP contribution < -0.4 is 0 Å². The largest absolute Gasteiger partial charge is 0.476 e. The van der Waals surface area contributed by atoms with Gasteiger partial charge in [-0.25, -0.2) is 18.2 Å². The molecule has 6 heteroatoms. The zero-order valence-electron chi connectivity index (χ0n) is 7.47. The van der Waals surface area contributed by atoms with Crippen molar-refractivity contribution in [3.8, 4) is 0 Å². The van der Waals surface area contributed by atoms with Crippen molar-refractivity contribution in [2.45, 2.75) is 11.8 Å². The van der Waals surface area contributed by atoms with Crippen molar-refractivity contribution in [1.29, 1.82) is 0 Å². The third-order valence-corrected chi connectivity index (χ3v) is 3.45. The lowest BCUT2D eigenvalue weighted by Gasteiger charge is -2.03. The minimum Gasteiger partial charge on any atom is -0.476 e. The molecule has 0 aromatic carbocycles. The molecule has 1 aromatic heterocycles. The van der Waals surface area contributed by atoms with Crippen LogP contribution in [0.2, 0.25) is 0 Å². The van der Waals surface area contributed by atoms with Gasteiger partial charge in [0.2, 0.25) is 0 Å². The highest BCUT2D eigenvalue weighted by Gasteiger charge is 2.21. The molecule has 0 aliphatic rings. The number of aromatic nitrogens is 1. The Labute approximate surface area is 81.3 Å². The lowest BCUT2D eigenvalue weighted by molar-refractivity contribution is 0.0686. The Hall–Kier alpha value is -1.43. The molecule has 1 N–H and O–H groups in total. The summed E-state index contributed by atoms with van der Waals surface area (Å²) in [5.74, 6) is -1.48. The van der Waals surface area contributed by atoms with Crippen LogP contribution in [-0.2, 0) is 9.84 Å². The van der Waals surface area contributed by atoms with Gasteiger partial charge < -0.3 is 5.11 Å². The van der Waals surface area contributed by atoms with Gasteiger partial charge in [-0.15, -0.1) is 0 Å². The van der Waals surface area contributed by atoms with Crippen LogP contribution in [0, 0.1) is 0 Å². The Bertz CT molecular complexity index is 452. The van der Waals surface area contributed by atoms with E-state index in [1.807, 2.05) is 0 Å². The van der Waals surface area contributed by atoms with E-state index < -0.39 is 21.5 Å². The first-order valence-corrected chi connectivity index (χ1v) is 5.55. The van der Waals surface area contributed by atoms with Gasteiger partial charge in [0, 0.05) is 6.20 Å². The summed E-state index contributed by atoms with van der Waals surface area (Å²) in [6, 6.07) is 2.64.